The number of nitriles is 1. The van der Waals surface area contributed by atoms with Crippen molar-refractivity contribution in [1.82, 2.24) is 10.2 Å². The minimum Gasteiger partial charge on any atom is -0.319 e. The van der Waals surface area contributed by atoms with Gasteiger partial charge in [-0.25, -0.2) is 4.79 Å². The number of benzene rings is 2. The molecule has 1 N–H and O–H groups in total. The number of imide groups is 1. The van der Waals surface area contributed by atoms with E-state index in [9.17, 15) is 14.9 Å². The summed E-state index contributed by atoms with van der Waals surface area (Å²) in [6.45, 7) is 1.96. The molecule has 120 valence electrons. The number of hydrogen-bond acceptors (Lipinski definition) is 3. The molecule has 3 rings (SSSR count). The minimum absolute atomic E-state index is 0.0863. The van der Waals surface area contributed by atoms with Crippen LogP contribution in [-0.2, 0) is 16.9 Å². The third-order valence-electron chi connectivity index (χ3n) is 4.44. The molecule has 0 bridgehead atoms. The molecule has 1 atom stereocenters. The molecule has 0 aromatic heterocycles. The van der Waals surface area contributed by atoms with Gasteiger partial charge in [-0.1, -0.05) is 55.5 Å². The molecule has 1 fully saturated rings. The van der Waals surface area contributed by atoms with Gasteiger partial charge in [0.25, 0.3) is 5.91 Å². The molecule has 3 amide bonds. The Bertz CT molecular complexity index is 826. The summed E-state index contributed by atoms with van der Waals surface area (Å²) in [5.41, 5.74) is 0.845. The molecule has 1 heterocycles. The number of hydrogen-bond donors (Lipinski definition) is 1. The Balaban J connectivity index is 1.96. The number of nitrogens with one attached hydrogen (secondary N) is 1. The summed E-state index contributed by atoms with van der Waals surface area (Å²) in [5.74, 6) is -0.283. The van der Waals surface area contributed by atoms with Gasteiger partial charge in [0, 0.05) is 0 Å². The van der Waals surface area contributed by atoms with Crippen LogP contribution in [0, 0.1) is 11.3 Å². The van der Waals surface area contributed by atoms with Crippen molar-refractivity contribution in [2.75, 3.05) is 0 Å². The van der Waals surface area contributed by atoms with Crippen molar-refractivity contribution in [3.05, 3.63) is 71.3 Å². The third kappa shape index (κ3) is 2.42. The quantitative estimate of drug-likeness (QED) is 0.881. The van der Waals surface area contributed by atoms with E-state index < -0.39 is 11.6 Å². The van der Waals surface area contributed by atoms with Crippen LogP contribution >= 0.6 is 0 Å². The standard InChI is InChI=1S/C19H17N3O2/c1-2-19(16-10-4-3-5-11-16)17(23)22(18(24)21-19)13-15-9-7-6-8-14(15)12-20/h3-11H,2,13H2,1H3,(H,21,24)/t19-/m1/s1. The summed E-state index contributed by atoms with van der Waals surface area (Å²) in [6, 6.07) is 17.9. The lowest BCUT2D eigenvalue weighted by atomic mass is 9.87. The molecule has 0 unspecified atom stereocenters. The lowest BCUT2D eigenvalue weighted by molar-refractivity contribution is -0.132. The van der Waals surface area contributed by atoms with Crippen molar-refractivity contribution in [3.8, 4) is 6.07 Å². The average molecular weight is 319 g/mol. The first-order valence-corrected chi connectivity index (χ1v) is 7.80. The van der Waals surface area contributed by atoms with Crippen molar-refractivity contribution in [1.29, 1.82) is 5.26 Å². The van der Waals surface area contributed by atoms with E-state index in [1.54, 1.807) is 24.3 Å². The Hall–Kier alpha value is -3.13. The second kappa shape index (κ2) is 6.17. The van der Waals surface area contributed by atoms with Crippen molar-refractivity contribution >= 4 is 11.9 Å². The fraction of sp³-hybridized carbons (Fsp3) is 0.211. The van der Waals surface area contributed by atoms with Gasteiger partial charge in [-0.2, -0.15) is 5.26 Å². The molecule has 5 heteroatoms. The zero-order valence-electron chi connectivity index (χ0n) is 13.3. The summed E-state index contributed by atoms with van der Waals surface area (Å²) in [6.07, 6.45) is 0.456. The van der Waals surface area contributed by atoms with Gasteiger partial charge in [0.2, 0.25) is 0 Å². The molecule has 0 aliphatic carbocycles. The summed E-state index contributed by atoms with van der Waals surface area (Å²) in [5, 5.41) is 12.0. The average Bonchev–Trinajstić information content (AvgIpc) is 2.88. The predicted molar refractivity (Wildman–Crippen MR) is 88.6 cm³/mol. The molecule has 1 aliphatic rings. The van der Waals surface area contributed by atoms with E-state index >= 15 is 0 Å². The van der Waals surface area contributed by atoms with E-state index in [1.807, 2.05) is 37.3 Å². The van der Waals surface area contributed by atoms with Crippen LogP contribution in [0.5, 0.6) is 0 Å². The van der Waals surface area contributed by atoms with Gasteiger partial charge >= 0.3 is 6.03 Å². The van der Waals surface area contributed by atoms with Crippen LogP contribution in [0.4, 0.5) is 4.79 Å². The van der Waals surface area contributed by atoms with Gasteiger partial charge in [-0.3, -0.25) is 9.69 Å². The maximum atomic E-state index is 13.0. The highest BCUT2D eigenvalue weighted by molar-refractivity contribution is 6.07. The van der Waals surface area contributed by atoms with Crippen LogP contribution in [0.2, 0.25) is 0 Å². The molecular formula is C19H17N3O2. The van der Waals surface area contributed by atoms with Gasteiger partial charge in [0.05, 0.1) is 18.2 Å². The Morgan fingerprint density at radius 1 is 1.08 bits per heavy atom. The number of carbonyl (C=O) groups excluding carboxylic acids is 2. The van der Waals surface area contributed by atoms with Crippen LogP contribution in [-0.4, -0.2) is 16.8 Å². The Morgan fingerprint density at radius 3 is 2.42 bits per heavy atom. The monoisotopic (exact) mass is 319 g/mol. The Morgan fingerprint density at radius 2 is 1.75 bits per heavy atom. The summed E-state index contributed by atoms with van der Waals surface area (Å²) in [4.78, 5) is 26.7. The van der Waals surface area contributed by atoms with Crippen LogP contribution < -0.4 is 5.32 Å². The molecule has 0 radical (unpaired) electrons. The zero-order valence-corrected chi connectivity index (χ0v) is 13.3. The highest BCUT2D eigenvalue weighted by atomic mass is 16.2. The van der Waals surface area contributed by atoms with E-state index in [4.69, 9.17) is 0 Å². The van der Waals surface area contributed by atoms with Crippen molar-refractivity contribution in [3.63, 3.8) is 0 Å². The van der Waals surface area contributed by atoms with Gasteiger partial charge < -0.3 is 5.32 Å². The molecule has 1 aliphatic heterocycles. The number of urea groups is 1. The molecule has 2 aromatic carbocycles. The largest absolute Gasteiger partial charge is 0.325 e. The molecule has 24 heavy (non-hydrogen) atoms. The first-order valence-electron chi connectivity index (χ1n) is 7.80. The molecular weight excluding hydrogens is 302 g/mol. The van der Waals surface area contributed by atoms with Crippen LogP contribution in [0.25, 0.3) is 0 Å². The second-order valence-corrected chi connectivity index (χ2v) is 5.72. The Kier molecular flexibility index (Phi) is 4.05. The fourth-order valence-corrected chi connectivity index (χ4v) is 3.07. The summed E-state index contributed by atoms with van der Waals surface area (Å²) < 4.78 is 0. The van der Waals surface area contributed by atoms with E-state index in [2.05, 4.69) is 11.4 Å². The predicted octanol–water partition coefficient (Wildman–Crippen LogP) is 2.92. The first-order chi connectivity index (χ1) is 11.6. The van der Waals surface area contributed by atoms with E-state index in [0.29, 0.717) is 17.5 Å². The fourth-order valence-electron chi connectivity index (χ4n) is 3.07. The van der Waals surface area contributed by atoms with Crippen LogP contribution in [0.1, 0.15) is 30.0 Å². The van der Waals surface area contributed by atoms with Crippen LogP contribution in [0.3, 0.4) is 0 Å². The minimum atomic E-state index is -1.04. The highest BCUT2D eigenvalue weighted by Gasteiger charge is 2.51. The third-order valence-corrected chi connectivity index (χ3v) is 4.44. The lowest BCUT2D eigenvalue weighted by Crippen LogP contribution is -2.43. The molecule has 5 nitrogen and oxygen atoms in total. The molecule has 2 aromatic rings. The highest BCUT2D eigenvalue weighted by Crippen LogP contribution is 2.33. The molecule has 0 spiro atoms. The van der Waals surface area contributed by atoms with Crippen molar-refractivity contribution in [2.24, 2.45) is 0 Å². The van der Waals surface area contributed by atoms with Gasteiger partial charge in [0.15, 0.2) is 0 Å². The smallest absolute Gasteiger partial charge is 0.319 e. The van der Waals surface area contributed by atoms with Gasteiger partial charge in [-0.05, 0) is 23.6 Å². The summed E-state index contributed by atoms with van der Waals surface area (Å²) in [7, 11) is 0. The van der Waals surface area contributed by atoms with Crippen LogP contribution in [0.15, 0.2) is 54.6 Å². The lowest BCUT2D eigenvalue weighted by Gasteiger charge is -2.25. The SMILES string of the molecule is CC[C@]1(c2ccccc2)NC(=O)N(Cc2ccccc2C#N)C1=O. The van der Waals surface area contributed by atoms with E-state index in [0.717, 1.165) is 5.56 Å². The zero-order chi connectivity index (χ0) is 17.2. The van der Waals surface area contributed by atoms with E-state index in [1.165, 1.54) is 4.90 Å². The van der Waals surface area contributed by atoms with Gasteiger partial charge in [0.1, 0.15) is 5.54 Å². The molecule has 0 saturated carbocycles. The topological polar surface area (TPSA) is 73.2 Å². The normalized spacial score (nSPS) is 19.9. The number of amides is 3. The van der Waals surface area contributed by atoms with Crippen molar-refractivity contribution in [2.45, 2.75) is 25.4 Å². The van der Waals surface area contributed by atoms with Gasteiger partial charge in [-0.15, -0.1) is 0 Å². The second-order valence-electron chi connectivity index (χ2n) is 5.72. The number of carbonyl (C=O) groups is 2. The summed E-state index contributed by atoms with van der Waals surface area (Å²) >= 11 is 0. The Labute approximate surface area is 140 Å². The first kappa shape index (κ1) is 15.8. The maximum absolute atomic E-state index is 13.0. The number of rotatable bonds is 4. The van der Waals surface area contributed by atoms with E-state index in [-0.39, 0.29) is 12.5 Å². The van der Waals surface area contributed by atoms with Crippen molar-refractivity contribution < 1.29 is 9.59 Å². The maximum Gasteiger partial charge on any atom is 0.325 e. The number of nitrogens with zero attached hydrogens (tertiary/aromatic N) is 2. The molecule has 1 saturated heterocycles.